The van der Waals surface area contributed by atoms with Crippen molar-refractivity contribution in [2.75, 3.05) is 6.54 Å². The molecule has 0 aliphatic heterocycles. The van der Waals surface area contributed by atoms with Gasteiger partial charge in [-0.15, -0.1) is 0 Å². The highest BCUT2D eigenvalue weighted by Crippen LogP contribution is 1.92. The number of carboxylic acids is 2. The van der Waals surface area contributed by atoms with Crippen molar-refractivity contribution in [3.8, 4) is 0 Å². The molecule has 100 valence electrons. The zero-order valence-corrected chi connectivity index (χ0v) is 10.0. The van der Waals surface area contributed by atoms with Gasteiger partial charge in [-0.05, 0) is 19.4 Å². The number of carboxylic acid groups (broad SMARTS) is 2. The Labute approximate surface area is 99.8 Å². The lowest BCUT2D eigenvalue weighted by atomic mass is 10.1. The number of Topliss-reactive ketones (excluding diaryl/α,β-unsaturated/α-hetero) is 1. The molecule has 0 amide bonds. The van der Waals surface area contributed by atoms with Crippen molar-refractivity contribution < 1.29 is 24.6 Å². The minimum absolute atomic E-state index is 0.396. The average molecular weight is 248 g/mol. The summed E-state index contributed by atoms with van der Waals surface area (Å²) >= 11 is 0. The second-order valence-corrected chi connectivity index (χ2v) is 3.70. The Bertz CT molecular complexity index is 265. The Morgan fingerprint density at radius 2 is 1.65 bits per heavy atom. The highest BCUT2D eigenvalue weighted by atomic mass is 16.4. The molecule has 0 bridgehead atoms. The smallest absolute Gasteiger partial charge is 0.372 e. The molecule has 0 aromatic carbocycles. The maximum absolute atomic E-state index is 10.2. The minimum Gasteiger partial charge on any atom is -0.480 e. The number of ketones is 1. The van der Waals surface area contributed by atoms with Crippen LogP contribution in [0.3, 0.4) is 0 Å². The fraction of sp³-hybridized carbons (Fsp3) is 0.700. The lowest BCUT2D eigenvalue weighted by Crippen LogP contribution is -2.30. The topological polar surface area (TPSA) is 144 Å². The molecule has 0 rings (SSSR count). The molecule has 0 saturated heterocycles. The quantitative estimate of drug-likeness (QED) is 0.461. The van der Waals surface area contributed by atoms with Gasteiger partial charge in [0.1, 0.15) is 6.04 Å². The number of aliphatic carboxylic acids is 2. The summed E-state index contributed by atoms with van der Waals surface area (Å²) in [5.74, 6) is -3.43. The predicted molar refractivity (Wildman–Crippen MR) is 61.4 cm³/mol. The van der Waals surface area contributed by atoms with E-state index >= 15 is 0 Å². The van der Waals surface area contributed by atoms with Crippen LogP contribution in [0.2, 0.25) is 0 Å². The summed E-state index contributed by atoms with van der Waals surface area (Å²) < 4.78 is 0. The largest absolute Gasteiger partial charge is 0.480 e. The van der Waals surface area contributed by atoms with Crippen molar-refractivity contribution in [1.82, 2.24) is 0 Å². The molecule has 7 nitrogen and oxygen atoms in total. The van der Waals surface area contributed by atoms with E-state index in [9.17, 15) is 14.4 Å². The summed E-state index contributed by atoms with van der Waals surface area (Å²) in [6, 6.07) is -0.742. The Hall–Kier alpha value is -1.47. The third kappa shape index (κ3) is 10.8. The molecule has 0 fully saturated rings. The fourth-order valence-corrected chi connectivity index (χ4v) is 0.708. The summed E-state index contributed by atoms with van der Waals surface area (Å²) in [5, 5.41) is 16.2. The summed E-state index contributed by atoms with van der Waals surface area (Å²) in [5.41, 5.74) is 10.3. The van der Waals surface area contributed by atoms with Gasteiger partial charge in [-0.25, -0.2) is 4.79 Å². The minimum atomic E-state index is -1.35. The molecule has 0 aliphatic rings. The van der Waals surface area contributed by atoms with Gasteiger partial charge in [0.15, 0.2) is 0 Å². The van der Waals surface area contributed by atoms with Gasteiger partial charge in [-0.3, -0.25) is 9.59 Å². The standard InChI is InChI=1S/C5H12N2O2.C5H8O3/c6-3-1-2-4(7)5(8)9;1-3(2)4(6)5(7)8/h4H,1-3,6-7H2,(H,8,9);3H,1-2H3,(H,7,8). The van der Waals surface area contributed by atoms with Crippen LogP contribution in [0.15, 0.2) is 0 Å². The molecule has 0 saturated carbocycles. The molecular formula is C10H20N2O5. The Morgan fingerprint density at radius 1 is 1.18 bits per heavy atom. The van der Waals surface area contributed by atoms with E-state index in [1.54, 1.807) is 13.8 Å². The van der Waals surface area contributed by atoms with Gasteiger partial charge in [0.05, 0.1) is 0 Å². The van der Waals surface area contributed by atoms with E-state index in [2.05, 4.69) is 0 Å². The van der Waals surface area contributed by atoms with E-state index < -0.39 is 29.7 Å². The lowest BCUT2D eigenvalue weighted by molar-refractivity contribution is -0.150. The van der Waals surface area contributed by atoms with Crippen molar-refractivity contribution in [2.45, 2.75) is 32.7 Å². The molecule has 0 radical (unpaired) electrons. The van der Waals surface area contributed by atoms with E-state index in [1.165, 1.54) is 0 Å². The SMILES string of the molecule is CC(C)C(=O)C(=O)O.NCCCC(N)C(=O)O. The third-order valence-corrected chi connectivity index (χ3v) is 1.77. The van der Waals surface area contributed by atoms with Crippen LogP contribution >= 0.6 is 0 Å². The van der Waals surface area contributed by atoms with Gasteiger partial charge >= 0.3 is 11.9 Å². The molecule has 0 aromatic rings. The number of carbonyl (C=O) groups is 3. The molecule has 0 spiro atoms. The first-order valence-electron chi connectivity index (χ1n) is 5.19. The lowest BCUT2D eigenvalue weighted by Gasteiger charge is -2.02. The van der Waals surface area contributed by atoms with Crippen molar-refractivity contribution >= 4 is 17.7 Å². The van der Waals surface area contributed by atoms with E-state index in [1.807, 2.05) is 0 Å². The Balaban J connectivity index is 0. The first-order valence-corrected chi connectivity index (χ1v) is 5.19. The summed E-state index contributed by atoms with van der Waals surface area (Å²) in [6.45, 7) is 3.61. The molecular weight excluding hydrogens is 228 g/mol. The van der Waals surface area contributed by atoms with Crippen LogP contribution in [-0.2, 0) is 14.4 Å². The van der Waals surface area contributed by atoms with Crippen molar-refractivity contribution in [1.29, 1.82) is 0 Å². The van der Waals surface area contributed by atoms with Crippen LogP contribution in [-0.4, -0.2) is 40.5 Å². The van der Waals surface area contributed by atoms with Crippen LogP contribution in [0.1, 0.15) is 26.7 Å². The van der Waals surface area contributed by atoms with Gasteiger partial charge in [0.2, 0.25) is 5.78 Å². The maximum atomic E-state index is 10.2. The zero-order valence-electron chi connectivity index (χ0n) is 10.0. The first kappa shape index (κ1) is 17.9. The molecule has 1 atom stereocenters. The van der Waals surface area contributed by atoms with Crippen LogP contribution in [0.4, 0.5) is 0 Å². The highest BCUT2D eigenvalue weighted by Gasteiger charge is 2.14. The maximum Gasteiger partial charge on any atom is 0.372 e. The molecule has 0 aliphatic carbocycles. The number of hydrogen-bond acceptors (Lipinski definition) is 5. The van der Waals surface area contributed by atoms with Gasteiger partial charge in [-0.2, -0.15) is 0 Å². The highest BCUT2D eigenvalue weighted by molar-refractivity contribution is 6.33. The third-order valence-electron chi connectivity index (χ3n) is 1.77. The number of rotatable bonds is 6. The Morgan fingerprint density at radius 3 is 1.82 bits per heavy atom. The van der Waals surface area contributed by atoms with Crippen LogP contribution in [0, 0.1) is 5.92 Å². The van der Waals surface area contributed by atoms with E-state index in [4.69, 9.17) is 21.7 Å². The van der Waals surface area contributed by atoms with E-state index in [-0.39, 0.29) is 0 Å². The summed E-state index contributed by atoms with van der Waals surface area (Å²) in [7, 11) is 0. The van der Waals surface area contributed by atoms with Crippen LogP contribution < -0.4 is 11.5 Å². The predicted octanol–water partition coefficient (Wildman–Crippen LogP) is -0.567. The van der Waals surface area contributed by atoms with E-state index in [0.29, 0.717) is 19.4 Å². The molecule has 0 aromatic heterocycles. The number of carbonyl (C=O) groups excluding carboxylic acids is 1. The summed E-state index contributed by atoms with van der Waals surface area (Å²) in [4.78, 5) is 30.1. The molecule has 17 heavy (non-hydrogen) atoms. The molecule has 7 heteroatoms. The fourth-order valence-electron chi connectivity index (χ4n) is 0.708. The normalized spacial score (nSPS) is 11.4. The monoisotopic (exact) mass is 248 g/mol. The Kier molecular flexibility index (Phi) is 10.3. The van der Waals surface area contributed by atoms with Gasteiger partial charge in [-0.1, -0.05) is 13.8 Å². The van der Waals surface area contributed by atoms with E-state index in [0.717, 1.165) is 0 Å². The second kappa shape index (κ2) is 9.73. The van der Waals surface area contributed by atoms with Crippen LogP contribution in [0.5, 0.6) is 0 Å². The average Bonchev–Trinajstić information content (AvgIpc) is 2.25. The summed E-state index contributed by atoms with van der Waals surface area (Å²) in [6.07, 6.45) is 1.14. The van der Waals surface area contributed by atoms with Crippen molar-refractivity contribution in [3.05, 3.63) is 0 Å². The van der Waals surface area contributed by atoms with Crippen molar-refractivity contribution in [2.24, 2.45) is 17.4 Å². The van der Waals surface area contributed by atoms with Gasteiger partial charge < -0.3 is 21.7 Å². The number of nitrogens with two attached hydrogens (primary N) is 2. The molecule has 6 N–H and O–H groups in total. The zero-order chi connectivity index (χ0) is 14.0. The molecule has 1 unspecified atom stereocenters. The van der Waals surface area contributed by atoms with Crippen molar-refractivity contribution in [3.63, 3.8) is 0 Å². The molecule has 0 heterocycles. The van der Waals surface area contributed by atoms with Gasteiger partial charge in [0, 0.05) is 5.92 Å². The second-order valence-electron chi connectivity index (χ2n) is 3.70. The number of hydrogen-bond donors (Lipinski definition) is 4. The van der Waals surface area contributed by atoms with Crippen LogP contribution in [0.25, 0.3) is 0 Å². The van der Waals surface area contributed by atoms with Gasteiger partial charge in [0.25, 0.3) is 0 Å². The first-order chi connectivity index (χ1) is 7.73.